The first-order chi connectivity index (χ1) is 10.7. The molecule has 6 nitrogen and oxygen atoms in total. The van der Waals surface area contributed by atoms with Crippen LogP contribution >= 0.6 is 0 Å². The largest absolute Gasteiger partial charge is 0.366 e. The molecule has 2 aromatic rings. The van der Waals surface area contributed by atoms with Crippen LogP contribution in [-0.4, -0.2) is 33.2 Å². The summed E-state index contributed by atoms with van der Waals surface area (Å²) in [5.41, 5.74) is 6.11. The molecular weight excluding hydrogens is 280 g/mol. The minimum Gasteiger partial charge on any atom is -0.366 e. The number of nitrogens with one attached hydrogen (secondary N) is 1. The fourth-order valence-electron chi connectivity index (χ4n) is 2.89. The van der Waals surface area contributed by atoms with Gasteiger partial charge in [0.15, 0.2) is 0 Å². The third-order valence-electron chi connectivity index (χ3n) is 3.99. The molecule has 3 N–H and O–H groups in total. The molecule has 1 aliphatic rings. The highest BCUT2D eigenvalue weighted by Crippen LogP contribution is 2.30. The van der Waals surface area contributed by atoms with Gasteiger partial charge in [-0.25, -0.2) is 4.98 Å². The molecule has 1 aromatic carbocycles. The van der Waals surface area contributed by atoms with E-state index in [0.717, 1.165) is 25.1 Å². The molecule has 0 radical (unpaired) electrons. The maximum atomic E-state index is 12.8. The Morgan fingerprint density at radius 2 is 2.09 bits per heavy atom. The van der Waals surface area contributed by atoms with Gasteiger partial charge in [-0.05, 0) is 37.5 Å². The van der Waals surface area contributed by atoms with Crippen molar-refractivity contribution in [3.8, 4) is 0 Å². The number of benzene rings is 1. The van der Waals surface area contributed by atoms with Crippen LogP contribution in [0.4, 0.5) is 0 Å². The molecule has 1 unspecified atom stereocenters. The van der Waals surface area contributed by atoms with E-state index in [4.69, 9.17) is 5.73 Å². The number of imidazole rings is 1. The molecule has 22 heavy (non-hydrogen) atoms. The van der Waals surface area contributed by atoms with Crippen molar-refractivity contribution in [1.29, 1.82) is 0 Å². The lowest BCUT2D eigenvalue weighted by Gasteiger charge is -2.34. The minimum absolute atomic E-state index is 0.0477. The van der Waals surface area contributed by atoms with Crippen molar-refractivity contribution in [2.24, 2.45) is 5.73 Å². The first-order valence-electron chi connectivity index (χ1n) is 7.37. The van der Waals surface area contributed by atoms with E-state index in [0.29, 0.717) is 17.7 Å². The van der Waals surface area contributed by atoms with Gasteiger partial charge in [-0.15, -0.1) is 0 Å². The van der Waals surface area contributed by atoms with Gasteiger partial charge in [-0.2, -0.15) is 0 Å². The number of carbonyl (C=O) groups excluding carboxylic acids is 2. The predicted molar refractivity (Wildman–Crippen MR) is 81.2 cm³/mol. The number of nitrogens with two attached hydrogens (primary N) is 1. The number of amides is 2. The first kappa shape index (κ1) is 14.3. The quantitative estimate of drug-likeness (QED) is 0.906. The average molecular weight is 298 g/mol. The van der Waals surface area contributed by atoms with Crippen LogP contribution in [0.5, 0.6) is 0 Å². The van der Waals surface area contributed by atoms with Crippen LogP contribution in [-0.2, 0) is 0 Å². The van der Waals surface area contributed by atoms with Gasteiger partial charge in [-0.1, -0.05) is 6.07 Å². The summed E-state index contributed by atoms with van der Waals surface area (Å²) in [6.07, 6.45) is 6.38. The molecule has 3 rings (SSSR count). The van der Waals surface area contributed by atoms with Crippen molar-refractivity contribution < 1.29 is 9.59 Å². The van der Waals surface area contributed by atoms with E-state index >= 15 is 0 Å². The fourth-order valence-corrected chi connectivity index (χ4v) is 2.89. The molecule has 1 aromatic heterocycles. The molecule has 114 valence electrons. The summed E-state index contributed by atoms with van der Waals surface area (Å²) in [4.78, 5) is 33.3. The highest BCUT2D eigenvalue weighted by atomic mass is 16.2. The topological polar surface area (TPSA) is 92.1 Å². The molecule has 0 saturated carbocycles. The minimum atomic E-state index is -0.532. The fraction of sp³-hybridized carbons (Fsp3) is 0.312. The zero-order chi connectivity index (χ0) is 15.5. The van der Waals surface area contributed by atoms with E-state index < -0.39 is 5.91 Å². The van der Waals surface area contributed by atoms with Gasteiger partial charge in [0.25, 0.3) is 5.91 Å². The van der Waals surface area contributed by atoms with Crippen LogP contribution in [0, 0.1) is 0 Å². The maximum absolute atomic E-state index is 12.8. The number of nitrogens with zero attached hydrogens (tertiary/aromatic N) is 2. The molecule has 0 aliphatic carbocycles. The van der Waals surface area contributed by atoms with E-state index in [1.54, 1.807) is 36.7 Å². The van der Waals surface area contributed by atoms with Crippen molar-refractivity contribution in [1.82, 2.24) is 14.9 Å². The summed E-state index contributed by atoms with van der Waals surface area (Å²) in [5, 5.41) is 0. The van der Waals surface area contributed by atoms with Gasteiger partial charge >= 0.3 is 0 Å². The molecule has 2 heterocycles. The van der Waals surface area contributed by atoms with Crippen LogP contribution in [0.2, 0.25) is 0 Å². The summed E-state index contributed by atoms with van der Waals surface area (Å²) >= 11 is 0. The second kappa shape index (κ2) is 6.01. The van der Waals surface area contributed by atoms with Gasteiger partial charge in [0.1, 0.15) is 5.82 Å². The Morgan fingerprint density at radius 3 is 2.82 bits per heavy atom. The van der Waals surface area contributed by atoms with E-state index in [1.165, 1.54) is 0 Å². The van der Waals surface area contributed by atoms with Crippen molar-refractivity contribution in [2.75, 3.05) is 6.54 Å². The highest BCUT2D eigenvalue weighted by Gasteiger charge is 2.30. The summed E-state index contributed by atoms with van der Waals surface area (Å²) in [6.45, 7) is 0.686. The Morgan fingerprint density at radius 1 is 1.27 bits per heavy atom. The summed E-state index contributed by atoms with van der Waals surface area (Å²) in [6, 6.07) is 6.51. The SMILES string of the molecule is NC(=O)c1cccc(C(=O)N2CCCCC2c2ncc[nH]2)c1. The van der Waals surface area contributed by atoms with Crippen molar-refractivity contribution in [3.63, 3.8) is 0 Å². The molecule has 0 spiro atoms. The monoisotopic (exact) mass is 298 g/mol. The molecule has 1 atom stereocenters. The van der Waals surface area contributed by atoms with E-state index in [1.807, 2.05) is 4.90 Å². The molecular formula is C16H18N4O2. The maximum Gasteiger partial charge on any atom is 0.254 e. The van der Waals surface area contributed by atoms with Crippen molar-refractivity contribution in [3.05, 3.63) is 53.6 Å². The second-order valence-electron chi connectivity index (χ2n) is 5.43. The number of hydrogen-bond donors (Lipinski definition) is 2. The van der Waals surface area contributed by atoms with Gasteiger partial charge in [0, 0.05) is 30.1 Å². The number of piperidine rings is 1. The van der Waals surface area contributed by atoms with Crippen molar-refractivity contribution >= 4 is 11.8 Å². The van der Waals surface area contributed by atoms with E-state index in [9.17, 15) is 9.59 Å². The normalized spacial score (nSPS) is 18.2. The third-order valence-corrected chi connectivity index (χ3v) is 3.99. The molecule has 6 heteroatoms. The number of hydrogen-bond acceptors (Lipinski definition) is 3. The molecule has 1 saturated heterocycles. The Hall–Kier alpha value is -2.63. The lowest BCUT2D eigenvalue weighted by atomic mass is 9.99. The Bertz CT molecular complexity index is 681. The third kappa shape index (κ3) is 2.72. The number of aromatic amines is 1. The molecule has 0 bridgehead atoms. The van der Waals surface area contributed by atoms with Crippen LogP contribution < -0.4 is 5.73 Å². The number of carbonyl (C=O) groups is 2. The number of likely N-dealkylation sites (tertiary alicyclic amines) is 1. The zero-order valence-electron chi connectivity index (χ0n) is 12.2. The zero-order valence-corrected chi connectivity index (χ0v) is 12.2. The second-order valence-corrected chi connectivity index (χ2v) is 5.43. The average Bonchev–Trinajstić information content (AvgIpc) is 3.08. The number of aromatic nitrogens is 2. The lowest BCUT2D eigenvalue weighted by molar-refractivity contribution is 0.0601. The smallest absolute Gasteiger partial charge is 0.254 e. The number of H-pyrrole nitrogens is 1. The summed E-state index contributed by atoms with van der Waals surface area (Å²) in [5.74, 6) is 0.180. The van der Waals surface area contributed by atoms with Gasteiger partial charge < -0.3 is 15.6 Å². The number of primary amides is 1. The summed E-state index contributed by atoms with van der Waals surface area (Å²) in [7, 11) is 0. The van der Waals surface area contributed by atoms with Gasteiger partial charge in [0.2, 0.25) is 5.91 Å². The Kier molecular flexibility index (Phi) is 3.91. The molecule has 1 fully saturated rings. The van der Waals surface area contributed by atoms with Crippen LogP contribution in [0.3, 0.4) is 0 Å². The Labute approximate surface area is 128 Å². The summed E-state index contributed by atoms with van der Waals surface area (Å²) < 4.78 is 0. The lowest BCUT2D eigenvalue weighted by Crippen LogP contribution is -2.39. The highest BCUT2D eigenvalue weighted by molar-refractivity contribution is 5.99. The van der Waals surface area contributed by atoms with Gasteiger partial charge in [0.05, 0.1) is 6.04 Å². The van der Waals surface area contributed by atoms with Crippen LogP contribution in [0.15, 0.2) is 36.7 Å². The standard InChI is InChI=1S/C16H18N4O2/c17-14(21)11-4-3-5-12(10-11)16(22)20-9-2-1-6-13(20)15-18-7-8-19-15/h3-5,7-8,10,13H,1-2,6,9H2,(H2,17,21)(H,18,19). The number of rotatable bonds is 3. The molecule has 1 aliphatic heterocycles. The van der Waals surface area contributed by atoms with E-state index in [-0.39, 0.29) is 11.9 Å². The Balaban J connectivity index is 1.89. The predicted octanol–water partition coefficient (Wildman–Crippen LogP) is 1.88. The van der Waals surface area contributed by atoms with Crippen LogP contribution in [0.25, 0.3) is 0 Å². The first-order valence-corrected chi connectivity index (χ1v) is 7.37. The van der Waals surface area contributed by atoms with Crippen molar-refractivity contribution in [2.45, 2.75) is 25.3 Å². The van der Waals surface area contributed by atoms with E-state index in [2.05, 4.69) is 9.97 Å². The van der Waals surface area contributed by atoms with Crippen LogP contribution in [0.1, 0.15) is 51.8 Å². The molecule has 2 amide bonds. The van der Waals surface area contributed by atoms with Gasteiger partial charge in [-0.3, -0.25) is 9.59 Å².